The first-order valence-corrected chi connectivity index (χ1v) is 4.96. The molecule has 17 heavy (non-hydrogen) atoms. The van der Waals surface area contributed by atoms with Crippen molar-refractivity contribution in [1.29, 1.82) is 0 Å². The van der Waals surface area contributed by atoms with Crippen LogP contribution in [0.2, 0.25) is 0 Å². The summed E-state index contributed by atoms with van der Waals surface area (Å²) in [5, 5.41) is 3.73. The van der Waals surface area contributed by atoms with E-state index >= 15 is 0 Å². The van der Waals surface area contributed by atoms with Gasteiger partial charge in [0.2, 0.25) is 0 Å². The van der Waals surface area contributed by atoms with Crippen molar-refractivity contribution >= 4 is 11.9 Å². The molecule has 0 spiro atoms. The number of rotatable bonds is 6. The van der Waals surface area contributed by atoms with Crippen molar-refractivity contribution in [2.24, 2.45) is 0 Å². The third-order valence-corrected chi connectivity index (χ3v) is 1.94. The van der Waals surface area contributed by atoms with Gasteiger partial charge in [0.25, 0.3) is 0 Å². The number of aromatic nitrogens is 1. The lowest BCUT2D eigenvalue weighted by Crippen LogP contribution is -2.02. The third kappa shape index (κ3) is 4.50. The van der Waals surface area contributed by atoms with Crippen LogP contribution in [0.1, 0.15) is 17.9 Å². The second-order valence-corrected chi connectivity index (χ2v) is 3.17. The summed E-state index contributed by atoms with van der Waals surface area (Å²) < 4.78 is 14.2. The first-order chi connectivity index (χ1) is 8.15. The Kier molecular flexibility index (Phi) is 4.93. The minimum Gasteiger partial charge on any atom is -0.469 e. The standard InChI is InChI=1S/C11H13NO5/c1-3-10(13)16-7-9-6-8(12-17-9)4-5-11(14)15-2/h3,6H,1,4-5,7H2,2H3. The fraction of sp³-hybridized carbons (Fsp3) is 0.364. The van der Waals surface area contributed by atoms with Crippen molar-refractivity contribution in [3.8, 4) is 0 Å². The zero-order valence-corrected chi connectivity index (χ0v) is 9.47. The molecule has 6 nitrogen and oxygen atoms in total. The van der Waals surface area contributed by atoms with E-state index in [-0.39, 0.29) is 19.0 Å². The van der Waals surface area contributed by atoms with Crippen LogP contribution in [0.25, 0.3) is 0 Å². The van der Waals surface area contributed by atoms with E-state index in [1.54, 1.807) is 6.07 Å². The lowest BCUT2D eigenvalue weighted by molar-refractivity contribution is -0.141. The highest BCUT2D eigenvalue weighted by molar-refractivity contribution is 5.81. The average molecular weight is 239 g/mol. The van der Waals surface area contributed by atoms with Crippen molar-refractivity contribution in [2.75, 3.05) is 7.11 Å². The number of methoxy groups -OCH3 is 1. The number of hydrogen-bond acceptors (Lipinski definition) is 6. The lowest BCUT2D eigenvalue weighted by Gasteiger charge is -1.95. The predicted octanol–water partition coefficient (Wildman–Crippen LogP) is 1.01. The van der Waals surface area contributed by atoms with E-state index in [2.05, 4.69) is 16.5 Å². The molecule has 92 valence electrons. The van der Waals surface area contributed by atoms with Gasteiger partial charge in [-0.15, -0.1) is 0 Å². The van der Waals surface area contributed by atoms with Crippen molar-refractivity contribution < 1.29 is 23.6 Å². The van der Waals surface area contributed by atoms with Crippen LogP contribution in [0, 0.1) is 0 Å². The quantitative estimate of drug-likeness (QED) is 0.544. The SMILES string of the molecule is C=CC(=O)OCc1cc(CCC(=O)OC)no1. The summed E-state index contributed by atoms with van der Waals surface area (Å²) in [5.41, 5.74) is 0.611. The summed E-state index contributed by atoms with van der Waals surface area (Å²) in [5.74, 6) is -0.426. The van der Waals surface area contributed by atoms with Crippen molar-refractivity contribution in [1.82, 2.24) is 5.16 Å². The second kappa shape index (κ2) is 6.47. The van der Waals surface area contributed by atoms with E-state index in [1.165, 1.54) is 7.11 Å². The molecule has 0 amide bonds. The molecule has 0 aliphatic heterocycles. The first-order valence-electron chi connectivity index (χ1n) is 4.96. The molecule has 0 fully saturated rings. The van der Waals surface area contributed by atoms with Crippen molar-refractivity contribution in [3.63, 3.8) is 0 Å². The van der Waals surface area contributed by atoms with Crippen LogP contribution < -0.4 is 0 Å². The molecule has 0 atom stereocenters. The zero-order chi connectivity index (χ0) is 12.7. The fourth-order valence-corrected chi connectivity index (χ4v) is 1.08. The molecule has 0 saturated heterocycles. The fourth-order valence-electron chi connectivity index (χ4n) is 1.08. The number of ether oxygens (including phenoxy) is 2. The summed E-state index contributed by atoms with van der Waals surface area (Å²) in [6.07, 6.45) is 1.72. The second-order valence-electron chi connectivity index (χ2n) is 3.17. The van der Waals surface area contributed by atoms with E-state index < -0.39 is 5.97 Å². The molecule has 1 heterocycles. The topological polar surface area (TPSA) is 78.6 Å². The molecule has 1 aromatic rings. The smallest absolute Gasteiger partial charge is 0.330 e. The number of carbonyl (C=O) groups excluding carboxylic acids is 2. The molecule has 6 heteroatoms. The number of esters is 2. The van der Waals surface area contributed by atoms with Gasteiger partial charge in [0, 0.05) is 18.6 Å². The highest BCUT2D eigenvalue weighted by atomic mass is 16.5. The highest BCUT2D eigenvalue weighted by Gasteiger charge is 2.08. The minimum absolute atomic E-state index is 0.00389. The zero-order valence-electron chi connectivity index (χ0n) is 9.47. The van der Waals surface area contributed by atoms with Gasteiger partial charge < -0.3 is 14.0 Å². The van der Waals surface area contributed by atoms with Gasteiger partial charge in [-0.1, -0.05) is 11.7 Å². The molecule has 0 aromatic carbocycles. The van der Waals surface area contributed by atoms with Gasteiger partial charge in [0.05, 0.1) is 19.2 Å². The van der Waals surface area contributed by atoms with Gasteiger partial charge in [-0.2, -0.15) is 0 Å². The maximum Gasteiger partial charge on any atom is 0.330 e. The van der Waals surface area contributed by atoms with Gasteiger partial charge in [0.1, 0.15) is 0 Å². The maximum atomic E-state index is 10.9. The van der Waals surface area contributed by atoms with Crippen LogP contribution in [0.3, 0.4) is 0 Å². The van der Waals surface area contributed by atoms with Crippen LogP contribution in [0.5, 0.6) is 0 Å². The molecular formula is C11H13NO5. The Morgan fingerprint density at radius 2 is 2.35 bits per heavy atom. The molecular weight excluding hydrogens is 226 g/mol. The molecule has 0 aliphatic carbocycles. The Bertz CT molecular complexity index is 410. The molecule has 1 aromatic heterocycles. The van der Waals surface area contributed by atoms with E-state index in [1.807, 2.05) is 0 Å². The number of nitrogens with zero attached hydrogens (tertiary/aromatic N) is 1. The summed E-state index contributed by atoms with van der Waals surface area (Å²) >= 11 is 0. The maximum absolute atomic E-state index is 10.9. The Labute approximate surface area is 98.2 Å². The Hall–Kier alpha value is -2.11. The molecule has 0 saturated carbocycles. The molecule has 0 aliphatic rings. The van der Waals surface area contributed by atoms with Crippen LogP contribution in [0.4, 0.5) is 0 Å². The van der Waals surface area contributed by atoms with E-state index in [9.17, 15) is 9.59 Å². The largest absolute Gasteiger partial charge is 0.469 e. The number of aryl methyl sites for hydroxylation is 1. The van der Waals surface area contributed by atoms with Crippen molar-refractivity contribution in [3.05, 3.63) is 30.2 Å². The van der Waals surface area contributed by atoms with Gasteiger partial charge >= 0.3 is 11.9 Å². The summed E-state index contributed by atoms with van der Waals surface area (Å²) in [6, 6.07) is 1.62. The Balaban J connectivity index is 2.39. The van der Waals surface area contributed by atoms with E-state index in [0.717, 1.165) is 6.08 Å². The van der Waals surface area contributed by atoms with Gasteiger partial charge in [-0.25, -0.2) is 4.79 Å². The molecule has 1 rings (SSSR count). The van der Waals surface area contributed by atoms with E-state index in [0.29, 0.717) is 17.9 Å². The highest BCUT2D eigenvalue weighted by Crippen LogP contribution is 2.07. The molecule has 0 radical (unpaired) electrons. The lowest BCUT2D eigenvalue weighted by atomic mass is 10.2. The monoisotopic (exact) mass is 239 g/mol. The van der Waals surface area contributed by atoms with Crippen LogP contribution in [0.15, 0.2) is 23.2 Å². The summed E-state index contributed by atoms with van der Waals surface area (Å²) in [7, 11) is 1.32. The molecule has 0 bridgehead atoms. The normalized spacial score (nSPS) is 9.71. The van der Waals surface area contributed by atoms with Crippen LogP contribution in [-0.2, 0) is 32.1 Å². The summed E-state index contributed by atoms with van der Waals surface area (Å²) in [6.45, 7) is 3.26. The Morgan fingerprint density at radius 1 is 1.59 bits per heavy atom. The van der Waals surface area contributed by atoms with Gasteiger partial charge in [0.15, 0.2) is 12.4 Å². The average Bonchev–Trinajstić information content (AvgIpc) is 2.80. The third-order valence-electron chi connectivity index (χ3n) is 1.94. The van der Waals surface area contributed by atoms with Gasteiger partial charge in [-0.3, -0.25) is 4.79 Å². The van der Waals surface area contributed by atoms with Gasteiger partial charge in [-0.05, 0) is 0 Å². The van der Waals surface area contributed by atoms with Crippen LogP contribution >= 0.6 is 0 Å². The molecule has 0 N–H and O–H groups in total. The molecule has 0 unspecified atom stereocenters. The van der Waals surface area contributed by atoms with Crippen LogP contribution in [-0.4, -0.2) is 24.2 Å². The summed E-state index contributed by atoms with van der Waals surface area (Å²) in [4.78, 5) is 21.7. The predicted molar refractivity (Wildman–Crippen MR) is 56.8 cm³/mol. The van der Waals surface area contributed by atoms with E-state index in [4.69, 9.17) is 9.26 Å². The van der Waals surface area contributed by atoms with Crippen molar-refractivity contribution in [2.45, 2.75) is 19.4 Å². The number of hydrogen-bond donors (Lipinski definition) is 0. The Morgan fingerprint density at radius 3 is 3.00 bits per heavy atom. The first kappa shape index (κ1) is 13.0. The minimum atomic E-state index is -0.530. The number of carbonyl (C=O) groups is 2.